The molecular weight excluding hydrogens is 461 g/mol. The van der Waals surface area contributed by atoms with Crippen molar-refractivity contribution in [2.45, 2.75) is 31.5 Å². The van der Waals surface area contributed by atoms with Gasteiger partial charge in [-0.05, 0) is 32.4 Å². The van der Waals surface area contributed by atoms with Crippen LogP contribution < -0.4 is 0 Å². The number of carbonyl (C=O) groups excluding carboxylic acids is 1. The fraction of sp³-hybridized carbons (Fsp3) is 0.333. The molecule has 1 aliphatic rings. The Balaban J connectivity index is 1.62. The Bertz CT molecular complexity index is 1260. The zero-order valence-corrected chi connectivity index (χ0v) is 20.2. The van der Waals surface area contributed by atoms with E-state index in [0.29, 0.717) is 23.8 Å². The minimum atomic E-state index is -3.09. The molecule has 1 amide bonds. The lowest BCUT2D eigenvalue weighted by molar-refractivity contribution is -0.129. The third-order valence-corrected chi connectivity index (χ3v) is 8.49. The average molecular weight is 488 g/mol. The molecule has 0 radical (unpaired) electrons. The van der Waals surface area contributed by atoms with Crippen LogP contribution in [0.5, 0.6) is 0 Å². The van der Waals surface area contributed by atoms with Crippen molar-refractivity contribution in [3.63, 3.8) is 0 Å². The van der Waals surface area contributed by atoms with Gasteiger partial charge in [0.1, 0.15) is 5.82 Å². The Hall–Kier alpha value is -2.65. The van der Waals surface area contributed by atoms with Crippen molar-refractivity contribution >= 4 is 27.5 Å². The molecule has 4 rings (SSSR count). The number of thioether (sulfide) groups is 1. The number of imidazole rings is 1. The predicted octanol–water partition coefficient (Wildman–Crippen LogP) is 4.11. The SMILES string of the molecule is CCN(C(=O)CSc1ncc(-c2ccc(C)cc2)n1-c1ccccc1F)C1CCS(=O)(=O)C1. The van der Waals surface area contributed by atoms with Crippen LogP contribution >= 0.6 is 11.8 Å². The van der Waals surface area contributed by atoms with Gasteiger partial charge in [0.15, 0.2) is 15.0 Å². The Morgan fingerprint density at radius 1 is 1.21 bits per heavy atom. The van der Waals surface area contributed by atoms with Gasteiger partial charge in [0.2, 0.25) is 5.91 Å². The Kier molecular flexibility index (Phi) is 6.90. The Morgan fingerprint density at radius 3 is 2.58 bits per heavy atom. The summed E-state index contributed by atoms with van der Waals surface area (Å²) in [4.78, 5) is 19.1. The molecule has 1 atom stereocenters. The molecule has 1 unspecified atom stereocenters. The van der Waals surface area contributed by atoms with Crippen LogP contribution in [0.2, 0.25) is 0 Å². The fourth-order valence-corrected chi connectivity index (χ4v) is 6.70. The molecule has 9 heteroatoms. The summed E-state index contributed by atoms with van der Waals surface area (Å²) in [5.74, 6) is -0.318. The van der Waals surface area contributed by atoms with E-state index in [9.17, 15) is 17.6 Å². The van der Waals surface area contributed by atoms with E-state index >= 15 is 0 Å². The highest BCUT2D eigenvalue weighted by Gasteiger charge is 2.34. The van der Waals surface area contributed by atoms with Gasteiger partial charge in [-0.15, -0.1) is 0 Å². The van der Waals surface area contributed by atoms with Gasteiger partial charge in [-0.25, -0.2) is 17.8 Å². The number of benzene rings is 2. The van der Waals surface area contributed by atoms with Crippen LogP contribution in [0.4, 0.5) is 4.39 Å². The second-order valence-electron chi connectivity index (χ2n) is 8.10. The molecule has 1 saturated heterocycles. The normalized spacial score (nSPS) is 17.2. The van der Waals surface area contributed by atoms with Crippen molar-refractivity contribution in [1.29, 1.82) is 0 Å². The van der Waals surface area contributed by atoms with E-state index in [1.54, 1.807) is 33.9 Å². The second-order valence-corrected chi connectivity index (χ2v) is 11.3. The predicted molar refractivity (Wildman–Crippen MR) is 129 cm³/mol. The summed E-state index contributed by atoms with van der Waals surface area (Å²) in [7, 11) is -3.09. The number of aromatic nitrogens is 2. The zero-order valence-electron chi connectivity index (χ0n) is 18.6. The van der Waals surface area contributed by atoms with Crippen molar-refractivity contribution in [2.24, 2.45) is 0 Å². The minimum absolute atomic E-state index is 0.0126. The van der Waals surface area contributed by atoms with Crippen molar-refractivity contribution in [2.75, 3.05) is 23.8 Å². The average Bonchev–Trinajstić information content (AvgIpc) is 3.36. The molecule has 3 aromatic rings. The smallest absolute Gasteiger partial charge is 0.233 e. The number of para-hydroxylation sites is 1. The quantitative estimate of drug-likeness (QED) is 0.469. The Labute approximate surface area is 197 Å². The van der Waals surface area contributed by atoms with Crippen molar-refractivity contribution in [3.05, 3.63) is 66.1 Å². The van der Waals surface area contributed by atoms with Crippen LogP contribution in [0.25, 0.3) is 16.9 Å². The van der Waals surface area contributed by atoms with Crippen molar-refractivity contribution < 1.29 is 17.6 Å². The molecule has 174 valence electrons. The van der Waals surface area contributed by atoms with E-state index in [-0.39, 0.29) is 35.0 Å². The third kappa shape index (κ3) is 5.14. The molecule has 0 saturated carbocycles. The summed E-state index contributed by atoms with van der Waals surface area (Å²) in [6, 6.07) is 14.1. The van der Waals surface area contributed by atoms with E-state index in [0.717, 1.165) is 16.8 Å². The monoisotopic (exact) mass is 487 g/mol. The van der Waals surface area contributed by atoms with Crippen LogP contribution in [-0.4, -0.2) is 58.6 Å². The number of halogens is 1. The summed E-state index contributed by atoms with van der Waals surface area (Å²) in [5.41, 5.74) is 3.09. The molecule has 1 aliphatic heterocycles. The van der Waals surface area contributed by atoms with E-state index < -0.39 is 9.84 Å². The molecule has 1 aromatic heterocycles. The fourth-order valence-electron chi connectivity index (χ4n) is 4.10. The first-order valence-electron chi connectivity index (χ1n) is 10.8. The number of rotatable bonds is 7. The summed E-state index contributed by atoms with van der Waals surface area (Å²) in [6.07, 6.45) is 2.15. The molecule has 0 aliphatic carbocycles. The summed E-state index contributed by atoms with van der Waals surface area (Å²) < 4.78 is 40.2. The Morgan fingerprint density at radius 2 is 1.94 bits per heavy atom. The van der Waals surface area contributed by atoms with E-state index in [2.05, 4.69) is 4.98 Å². The molecule has 2 heterocycles. The van der Waals surface area contributed by atoms with Crippen LogP contribution in [0, 0.1) is 12.7 Å². The topological polar surface area (TPSA) is 72.3 Å². The third-order valence-electron chi connectivity index (χ3n) is 5.81. The number of sulfone groups is 1. The molecule has 6 nitrogen and oxygen atoms in total. The molecule has 1 fully saturated rings. The maximum absolute atomic E-state index is 14.8. The number of hydrogen-bond acceptors (Lipinski definition) is 5. The van der Waals surface area contributed by atoms with Crippen LogP contribution in [0.1, 0.15) is 18.9 Å². The molecule has 0 bridgehead atoms. The lowest BCUT2D eigenvalue weighted by Gasteiger charge is -2.26. The van der Waals surface area contributed by atoms with Crippen molar-refractivity contribution in [3.8, 4) is 16.9 Å². The van der Waals surface area contributed by atoms with Gasteiger partial charge in [0, 0.05) is 18.2 Å². The van der Waals surface area contributed by atoms with Gasteiger partial charge in [-0.2, -0.15) is 0 Å². The lowest BCUT2D eigenvalue weighted by atomic mass is 10.1. The van der Waals surface area contributed by atoms with E-state index in [4.69, 9.17) is 0 Å². The molecule has 0 N–H and O–H groups in total. The van der Waals surface area contributed by atoms with Gasteiger partial charge in [0.25, 0.3) is 0 Å². The highest BCUT2D eigenvalue weighted by molar-refractivity contribution is 7.99. The lowest BCUT2D eigenvalue weighted by Crippen LogP contribution is -2.42. The molecule has 2 aromatic carbocycles. The van der Waals surface area contributed by atoms with Crippen LogP contribution in [0.15, 0.2) is 59.9 Å². The molecule has 0 spiro atoms. The largest absolute Gasteiger partial charge is 0.338 e. The number of nitrogens with zero attached hydrogens (tertiary/aromatic N) is 3. The summed E-state index contributed by atoms with van der Waals surface area (Å²) in [6.45, 7) is 4.29. The van der Waals surface area contributed by atoms with Crippen LogP contribution in [0.3, 0.4) is 0 Å². The number of carbonyl (C=O) groups is 1. The van der Waals surface area contributed by atoms with E-state index in [1.165, 1.54) is 17.8 Å². The summed E-state index contributed by atoms with van der Waals surface area (Å²) in [5, 5.41) is 0.499. The van der Waals surface area contributed by atoms with Gasteiger partial charge < -0.3 is 4.90 Å². The number of aryl methyl sites for hydroxylation is 1. The number of hydrogen-bond donors (Lipinski definition) is 0. The van der Waals surface area contributed by atoms with Crippen molar-refractivity contribution in [1.82, 2.24) is 14.5 Å². The highest BCUT2D eigenvalue weighted by atomic mass is 32.2. The first-order chi connectivity index (χ1) is 15.8. The van der Waals surface area contributed by atoms with Gasteiger partial charge in [0.05, 0.1) is 34.8 Å². The maximum Gasteiger partial charge on any atom is 0.233 e. The van der Waals surface area contributed by atoms with E-state index in [1.807, 2.05) is 38.1 Å². The number of amides is 1. The minimum Gasteiger partial charge on any atom is -0.338 e. The zero-order chi connectivity index (χ0) is 23.6. The molecular formula is C24H26FN3O3S2. The maximum atomic E-state index is 14.8. The first kappa shape index (κ1) is 23.5. The molecule has 33 heavy (non-hydrogen) atoms. The van der Waals surface area contributed by atoms with Gasteiger partial charge in [-0.3, -0.25) is 9.36 Å². The van der Waals surface area contributed by atoms with Gasteiger partial charge in [-0.1, -0.05) is 53.7 Å². The highest BCUT2D eigenvalue weighted by Crippen LogP contribution is 2.31. The first-order valence-corrected chi connectivity index (χ1v) is 13.6. The van der Waals surface area contributed by atoms with Crippen LogP contribution in [-0.2, 0) is 14.6 Å². The summed E-state index contributed by atoms with van der Waals surface area (Å²) >= 11 is 1.22. The second kappa shape index (κ2) is 9.69. The van der Waals surface area contributed by atoms with Gasteiger partial charge >= 0.3 is 0 Å². The standard InChI is InChI=1S/C24H26FN3O3S2/c1-3-27(19-12-13-33(30,31)16-19)23(29)15-32-24-26-14-22(18-10-8-17(2)9-11-18)28(24)21-7-5-4-6-20(21)25/h4-11,14,19H,3,12-13,15-16H2,1-2H3.